The largest absolute Gasteiger partial charge is 0.394 e. The normalized spacial score (nSPS) is 13.8. The van der Waals surface area contributed by atoms with E-state index in [9.17, 15) is 0 Å². The highest BCUT2D eigenvalue weighted by atomic mass is 16.5. The van der Waals surface area contributed by atoms with Crippen molar-refractivity contribution in [2.75, 3.05) is 50.9 Å². The number of pyridine rings is 1. The number of likely N-dealkylation sites (N-methyl/N-ethyl adjacent to an activating group) is 1. The Labute approximate surface area is 144 Å². The zero-order valence-corrected chi connectivity index (χ0v) is 14.8. The van der Waals surface area contributed by atoms with Crippen molar-refractivity contribution in [1.29, 1.82) is 0 Å². The van der Waals surface area contributed by atoms with Crippen molar-refractivity contribution in [2.45, 2.75) is 32.6 Å². The topological polar surface area (TPSA) is 67.8 Å². The standard InChI is InChI=1S/C18H29N5O/c1-3-12-24-13-11-22(2)10-9-20-18-17(19)16-8-7-14-5-4-6-15(14)23(16)21-18/h7-8H,3-6,9-13,19H2,1-2H3,(H,20,21). The first-order chi connectivity index (χ1) is 11.7. The number of nitrogens with two attached hydrogens (primary N) is 1. The summed E-state index contributed by atoms with van der Waals surface area (Å²) in [5.41, 5.74) is 10.8. The third kappa shape index (κ3) is 3.65. The molecule has 1 aliphatic carbocycles. The van der Waals surface area contributed by atoms with Crippen LogP contribution in [0, 0.1) is 0 Å². The van der Waals surface area contributed by atoms with Crippen molar-refractivity contribution in [1.82, 2.24) is 14.5 Å². The molecule has 0 atom stereocenters. The number of hydrogen-bond acceptors (Lipinski definition) is 5. The van der Waals surface area contributed by atoms with Crippen LogP contribution in [-0.4, -0.2) is 54.4 Å². The fraction of sp³-hybridized carbons (Fsp3) is 0.611. The number of hydrogen-bond donors (Lipinski definition) is 2. The van der Waals surface area contributed by atoms with Crippen LogP contribution in [0.1, 0.15) is 31.0 Å². The van der Waals surface area contributed by atoms with Crippen LogP contribution in [0.4, 0.5) is 11.5 Å². The van der Waals surface area contributed by atoms with Gasteiger partial charge in [-0.2, -0.15) is 0 Å². The van der Waals surface area contributed by atoms with Gasteiger partial charge in [-0.15, -0.1) is 5.10 Å². The van der Waals surface area contributed by atoms with Crippen LogP contribution in [0.25, 0.3) is 5.52 Å². The van der Waals surface area contributed by atoms with E-state index in [0.717, 1.165) is 69.1 Å². The molecule has 2 aromatic rings. The summed E-state index contributed by atoms with van der Waals surface area (Å²) in [6.45, 7) is 6.45. The van der Waals surface area contributed by atoms with E-state index in [1.807, 2.05) is 4.52 Å². The first-order valence-corrected chi connectivity index (χ1v) is 8.99. The number of rotatable bonds is 9. The first-order valence-electron chi connectivity index (χ1n) is 8.99. The van der Waals surface area contributed by atoms with Crippen LogP contribution < -0.4 is 11.1 Å². The van der Waals surface area contributed by atoms with Crippen molar-refractivity contribution in [2.24, 2.45) is 0 Å². The van der Waals surface area contributed by atoms with Crippen molar-refractivity contribution in [3.05, 3.63) is 23.4 Å². The SMILES string of the molecule is CCCOCCN(C)CCNc1nn2c3c(ccc2c1N)CCC3. The Kier molecular flexibility index (Phi) is 5.58. The maximum atomic E-state index is 6.28. The Balaban J connectivity index is 1.55. The number of anilines is 2. The van der Waals surface area contributed by atoms with Gasteiger partial charge in [0.2, 0.25) is 0 Å². The van der Waals surface area contributed by atoms with Crippen LogP contribution in [0.2, 0.25) is 0 Å². The van der Waals surface area contributed by atoms with E-state index >= 15 is 0 Å². The summed E-state index contributed by atoms with van der Waals surface area (Å²) in [4.78, 5) is 2.26. The van der Waals surface area contributed by atoms with Gasteiger partial charge in [-0.25, -0.2) is 4.52 Å². The van der Waals surface area contributed by atoms with Gasteiger partial charge in [-0.05, 0) is 44.4 Å². The molecule has 0 aliphatic heterocycles. The highest BCUT2D eigenvalue weighted by Crippen LogP contribution is 2.29. The fourth-order valence-electron chi connectivity index (χ4n) is 3.24. The van der Waals surface area contributed by atoms with Crippen molar-refractivity contribution >= 4 is 17.0 Å². The van der Waals surface area contributed by atoms with Crippen LogP contribution >= 0.6 is 0 Å². The van der Waals surface area contributed by atoms with Gasteiger partial charge in [0.05, 0.1) is 12.1 Å². The molecule has 0 spiro atoms. The average molecular weight is 331 g/mol. The minimum absolute atomic E-state index is 0.749. The van der Waals surface area contributed by atoms with Gasteiger partial charge < -0.3 is 20.7 Å². The smallest absolute Gasteiger partial charge is 0.172 e. The predicted octanol–water partition coefficient (Wildman–Crippen LogP) is 2.18. The molecule has 2 heterocycles. The molecule has 0 radical (unpaired) electrons. The van der Waals surface area contributed by atoms with Gasteiger partial charge >= 0.3 is 0 Å². The van der Waals surface area contributed by atoms with Gasteiger partial charge in [0.1, 0.15) is 5.69 Å². The number of aryl methyl sites for hydroxylation is 2. The monoisotopic (exact) mass is 331 g/mol. The second kappa shape index (κ2) is 7.85. The summed E-state index contributed by atoms with van der Waals surface area (Å²) in [5, 5.41) is 8.09. The molecule has 24 heavy (non-hydrogen) atoms. The average Bonchev–Trinajstić information content (AvgIpc) is 3.17. The van der Waals surface area contributed by atoms with Crippen LogP contribution in [-0.2, 0) is 17.6 Å². The minimum Gasteiger partial charge on any atom is -0.394 e. The van der Waals surface area contributed by atoms with E-state index in [0.29, 0.717) is 0 Å². The van der Waals surface area contributed by atoms with E-state index in [-0.39, 0.29) is 0 Å². The zero-order valence-electron chi connectivity index (χ0n) is 14.8. The van der Waals surface area contributed by atoms with Crippen molar-refractivity contribution in [3.63, 3.8) is 0 Å². The summed E-state index contributed by atoms with van der Waals surface area (Å²) in [5.74, 6) is 0.797. The maximum Gasteiger partial charge on any atom is 0.172 e. The quantitative estimate of drug-likeness (QED) is 0.689. The first kappa shape index (κ1) is 17.0. The van der Waals surface area contributed by atoms with Gasteiger partial charge in [-0.3, -0.25) is 0 Å². The molecule has 132 valence electrons. The van der Waals surface area contributed by atoms with Gasteiger partial charge in [0.25, 0.3) is 0 Å². The summed E-state index contributed by atoms with van der Waals surface area (Å²) in [7, 11) is 2.11. The summed E-state index contributed by atoms with van der Waals surface area (Å²) in [6, 6.07) is 4.29. The summed E-state index contributed by atoms with van der Waals surface area (Å²) < 4.78 is 7.55. The second-order valence-electron chi connectivity index (χ2n) is 6.56. The molecule has 3 rings (SSSR count). The van der Waals surface area contributed by atoms with E-state index < -0.39 is 0 Å². The number of nitrogens with one attached hydrogen (secondary N) is 1. The molecule has 0 saturated heterocycles. The summed E-state index contributed by atoms with van der Waals surface area (Å²) in [6.07, 6.45) is 4.52. The Morgan fingerprint density at radius 2 is 2.17 bits per heavy atom. The predicted molar refractivity (Wildman–Crippen MR) is 98.7 cm³/mol. The lowest BCUT2D eigenvalue weighted by Crippen LogP contribution is -2.28. The lowest BCUT2D eigenvalue weighted by Gasteiger charge is -2.16. The molecule has 6 heteroatoms. The van der Waals surface area contributed by atoms with Gasteiger partial charge in [0.15, 0.2) is 5.82 Å². The Morgan fingerprint density at radius 1 is 1.29 bits per heavy atom. The molecular formula is C18H29N5O. The molecule has 0 aromatic carbocycles. The highest BCUT2D eigenvalue weighted by Gasteiger charge is 2.18. The molecular weight excluding hydrogens is 302 g/mol. The molecule has 0 bridgehead atoms. The lowest BCUT2D eigenvalue weighted by molar-refractivity contribution is 0.113. The number of nitrogens with zero attached hydrogens (tertiary/aromatic N) is 3. The van der Waals surface area contributed by atoms with Crippen molar-refractivity contribution < 1.29 is 4.74 Å². The number of ether oxygens (including phenoxy) is 1. The molecule has 0 saturated carbocycles. The lowest BCUT2D eigenvalue weighted by atomic mass is 10.2. The molecule has 3 N–H and O–H groups in total. The Bertz CT molecular complexity index is 682. The highest BCUT2D eigenvalue weighted by molar-refractivity contribution is 5.81. The maximum absolute atomic E-state index is 6.28. The van der Waals surface area contributed by atoms with Gasteiger partial charge in [-0.1, -0.05) is 13.0 Å². The van der Waals surface area contributed by atoms with E-state index in [1.54, 1.807) is 0 Å². The van der Waals surface area contributed by atoms with Gasteiger partial charge in [0, 0.05) is 31.9 Å². The molecule has 0 unspecified atom stereocenters. The second-order valence-corrected chi connectivity index (χ2v) is 6.56. The summed E-state index contributed by atoms with van der Waals surface area (Å²) >= 11 is 0. The van der Waals surface area contributed by atoms with E-state index in [1.165, 1.54) is 17.7 Å². The minimum atomic E-state index is 0.749. The van der Waals surface area contributed by atoms with E-state index in [4.69, 9.17) is 15.6 Å². The van der Waals surface area contributed by atoms with Crippen LogP contribution in [0.3, 0.4) is 0 Å². The zero-order chi connectivity index (χ0) is 16.9. The van der Waals surface area contributed by atoms with Crippen molar-refractivity contribution in [3.8, 4) is 0 Å². The van der Waals surface area contributed by atoms with Crippen LogP contribution in [0.5, 0.6) is 0 Å². The third-order valence-corrected chi connectivity index (χ3v) is 4.64. The number of aromatic nitrogens is 2. The van der Waals surface area contributed by atoms with E-state index in [2.05, 4.69) is 36.3 Å². The molecule has 0 amide bonds. The third-order valence-electron chi connectivity index (χ3n) is 4.64. The fourth-order valence-corrected chi connectivity index (χ4v) is 3.24. The number of nitrogen functional groups attached to an aromatic ring is 1. The Morgan fingerprint density at radius 3 is 3.00 bits per heavy atom. The molecule has 1 aliphatic rings. The molecule has 2 aromatic heterocycles. The number of fused-ring (bicyclic) bond motifs is 3. The molecule has 6 nitrogen and oxygen atoms in total. The Hall–Kier alpha value is -1.79. The molecule has 0 fully saturated rings. The van der Waals surface area contributed by atoms with Crippen LogP contribution in [0.15, 0.2) is 12.1 Å².